The maximum atomic E-state index is 13.9. The molecular formula is C24H25BrFNO3. The molecule has 0 aliphatic heterocycles. The summed E-state index contributed by atoms with van der Waals surface area (Å²) in [6.45, 7) is 3.86. The van der Waals surface area contributed by atoms with Crippen LogP contribution in [-0.2, 0) is 19.7 Å². The molecule has 0 bridgehead atoms. The van der Waals surface area contributed by atoms with Crippen LogP contribution in [0.15, 0.2) is 65.1 Å². The van der Waals surface area contributed by atoms with E-state index in [0.717, 1.165) is 21.3 Å². The van der Waals surface area contributed by atoms with Crippen molar-refractivity contribution in [1.82, 2.24) is 5.32 Å². The van der Waals surface area contributed by atoms with Gasteiger partial charge in [-0.15, -0.1) is 0 Å². The van der Waals surface area contributed by atoms with E-state index in [0.29, 0.717) is 36.8 Å². The van der Waals surface area contributed by atoms with Crippen LogP contribution in [-0.4, -0.2) is 13.7 Å². The fourth-order valence-corrected chi connectivity index (χ4v) is 3.69. The fourth-order valence-electron chi connectivity index (χ4n) is 3.08. The molecule has 4 nitrogen and oxygen atoms in total. The number of hydrogen-bond acceptors (Lipinski definition) is 4. The summed E-state index contributed by atoms with van der Waals surface area (Å²) in [6.07, 6.45) is 0. The van der Waals surface area contributed by atoms with E-state index in [4.69, 9.17) is 14.2 Å². The predicted molar refractivity (Wildman–Crippen MR) is 120 cm³/mol. The molecule has 0 unspecified atom stereocenters. The molecule has 0 aromatic heterocycles. The molecule has 158 valence electrons. The highest BCUT2D eigenvalue weighted by atomic mass is 79.9. The third-order valence-corrected chi connectivity index (χ3v) is 5.13. The van der Waals surface area contributed by atoms with Gasteiger partial charge in [-0.25, -0.2) is 4.39 Å². The van der Waals surface area contributed by atoms with Gasteiger partial charge in [0.1, 0.15) is 18.2 Å². The largest absolute Gasteiger partial charge is 0.496 e. The Bertz CT molecular complexity index is 980. The summed E-state index contributed by atoms with van der Waals surface area (Å²) in [6, 6.07) is 18.4. The highest BCUT2D eigenvalue weighted by molar-refractivity contribution is 9.10. The van der Waals surface area contributed by atoms with Gasteiger partial charge in [-0.2, -0.15) is 0 Å². The van der Waals surface area contributed by atoms with Crippen molar-refractivity contribution in [3.63, 3.8) is 0 Å². The van der Waals surface area contributed by atoms with E-state index >= 15 is 0 Å². The van der Waals surface area contributed by atoms with Crippen molar-refractivity contribution in [3.05, 3.63) is 87.6 Å². The number of benzene rings is 3. The molecule has 0 atom stereocenters. The average Bonchev–Trinajstić information content (AvgIpc) is 2.75. The molecule has 0 spiro atoms. The summed E-state index contributed by atoms with van der Waals surface area (Å²) in [5, 5.41) is 3.43. The minimum atomic E-state index is -0.288. The number of rotatable bonds is 10. The van der Waals surface area contributed by atoms with Crippen molar-refractivity contribution < 1.29 is 18.6 Å². The second-order valence-corrected chi connectivity index (χ2v) is 7.49. The van der Waals surface area contributed by atoms with Crippen molar-refractivity contribution in [3.8, 4) is 17.2 Å². The first-order valence-corrected chi connectivity index (χ1v) is 10.6. The van der Waals surface area contributed by atoms with Gasteiger partial charge in [0.15, 0.2) is 11.5 Å². The Balaban J connectivity index is 1.70. The molecule has 0 aliphatic carbocycles. The first-order chi connectivity index (χ1) is 14.6. The zero-order valence-electron chi connectivity index (χ0n) is 17.1. The number of nitrogens with one attached hydrogen (secondary N) is 1. The first kappa shape index (κ1) is 22.1. The molecule has 0 saturated heterocycles. The Morgan fingerprint density at radius 2 is 1.63 bits per heavy atom. The van der Waals surface area contributed by atoms with Crippen molar-refractivity contribution in [2.45, 2.75) is 26.6 Å². The van der Waals surface area contributed by atoms with Crippen LogP contribution in [0.2, 0.25) is 0 Å². The van der Waals surface area contributed by atoms with Gasteiger partial charge in [0.25, 0.3) is 0 Å². The van der Waals surface area contributed by atoms with Crippen molar-refractivity contribution in [2.24, 2.45) is 0 Å². The number of hydrogen-bond donors (Lipinski definition) is 1. The van der Waals surface area contributed by atoms with E-state index in [-0.39, 0.29) is 12.4 Å². The standard InChI is InChI=1S/C24H25BrFNO3/c1-3-29-23-13-17(14-27-15-18-8-5-7-11-22(18)28-2)12-20(25)24(23)30-16-19-9-4-6-10-21(19)26/h4-13,27H,3,14-16H2,1-2H3. The Morgan fingerprint density at radius 1 is 0.900 bits per heavy atom. The first-order valence-electron chi connectivity index (χ1n) is 9.76. The van der Waals surface area contributed by atoms with Gasteiger partial charge in [-0.1, -0.05) is 36.4 Å². The normalized spacial score (nSPS) is 10.7. The quantitative estimate of drug-likeness (QED) is 0.400. The second-order valence-electron chi connectivity index (χ2n) is 6.63. The number of ether oxygens (including phenoxy) is 3. The Hall–Kier alpha value is -2.57. The summed E-state index contributed by atoms with van der Waals surface area (Å²) in [7, 11) is 1.67. The molecule has 0 amide bonds. The smallest absolute Gasteiger partial charge is 0.175 e. The molecule has 30 heavy (non-hydrogen) atoms. The van der Waals surface area contributed by atoms with Crippen LogP contribution < -0.4 is 19.5 Å². The van der Waals surface area contributed by atoms with E-state index in [9.17, 15) is 4.39 Å². The molecular weight excluding hydrogens is 449 g/mol. The minimum absolute atomic E-state index is 0.122. The SMILES string of the molecule is CCOc1cc(CNCc2ccccc2OC)cc(Br)c1OCc1ccccc1F. The lowest BCUT2D eigenvalue weighted by Gasteiger charge is -2.16. The molecule has 3 aromatic carbocycles. The molecule has 1 N–H and O–H groups in total. The molecule has 0 saturated carbocycles. The van der Waals surface area contributed by atoms with Gasteiger partial charge < -0.3 is 19.5 Å². The zero-order valence-corrected chi connectivity index (χ0v) is 18.7. The van der Waals surface area contributed by atoms with Crippen LogP contribution in [0.4, 0.5) is 4.39 Å². The van der Waals surface area contributed by atoms with Crippen LogP contribution >= 0.6 is 15.9 Å². The van der Waals surface area contributed by atoms with Crippen LogP contribution in [0.3, 0.4) is 0 Å². The topological polar surface area (TPSA) is 39.7 Å². The van der Waals surface area contributed by atoms with E-state index in [1.807, 2.05) is 43.3 Å². The molecule has 6 heteroatoms. The second kappa shape index (κ2) is 11.0. The van der Waals surface area contributed by atoms with Crippen molar-refractivity contribution in [1.29, 1.82) is 0 Å². The van der Waals surface area contributed by atoms with E-state index in [1.165, 1.54) is 6.07 Å². The summed E-state index contributed by atoms with van der Waals surface area (Å²) >= 11 is 3.57. The monoisotopic (exact) mass is 473 g/mol. The van der Waals surface area contributed by atoms with Gasteiger partial charge in [0.05, 0.1) is 18.2 Å². The summed E-state index contributed by atoms with van der Waals surface area (Å²) in [4.78, 5) is 0. The lowest BCUT2D eigenvalue weighted by atomic mass is 10.1. The van der Waals surface area contributed by atoms with Crippen LogP contribution in [0.1, 0.15) is 23.6 Å². The van der Waals surface area contributed by atoms with Crippen molar-refractivity contribution >= 4 is 15.9 Å². The Kier molecular flexibility index (Phi) is 8.11. The third kappa shape index (κ3) is 5.74. The van der Waals surface area contributed by atoms with Gasteiger partial charge >= 0.3 is 0 Å². The zero-order chi connectivity index (χ0) is 21.3. The highest BCUT2D eigenvalue weighted by Crippen LogP contribution is 2.37. The van der Waals surface area contributed by atoms with E-state index in [2.05, 4.69) is 21.2 Å². The van der Waals surface area contributed by atoms with Crippen LogP contribution in [0.5, 0.6) is 17.2 Å². The summed E-state index contributed by atoms with van der Waals surface area (Å²) in [5.41, 5.74) is 2.63. The lowest BCUT2D eigenvalue weighted by Crippen LogP contribution is -2.13. The minimum Gasteiger partial charge on any atom is -0.496 e. The van der Waals surface area contributed by atoms with E-state index < -0.39 is 0 Å². The molecule has 0 fully saturated rings. The summed E-state index contributed by atoms with van der Waals surface area (Å²) < 4.78 is 31.7. The molecule has 0 aliphatic rings. The van der Waals surface area contributed by atoms with Crippen molar-refractivity contribution in [2.75, 3.05) is 13.7 Å². The Labute approximate surface area is 185 Å². The number of para-hydroxylation sites is 1. The van der Waals surface area contributed by atoms with Crippen LogP contribution in [0, 0.1) is 5.82 Å². The molecule has 0 radical (unpaired) electrons. The third-order valence-electron chi connectivity index (χ3n) is 4.54. The van der Waals surface area contributed by atoms with Gasteiger partial charge in [0.2, 0.25) is 0 Å². The lowest BCUT2D eigenvalue weighted by molar-refractivity contribution is 0.264. The molecule has 3 rings (SSSR count). The number of methoxy groups -OCH3 is 1. The highest BCUT2D eigenvalue weighted by Gasteiger charge is 2.14. The molecule has 3 aromatic rings. The Morgan fingerprint density at radius 3 is 2.37 bits per heavy atom. The predicted octanol–water partition coefficient (Wildman–Crippen LogP) is 5.86. The average molecular weight is 474 g/mol. The van der Waals surface area contributed by atoms with Gasteiger partial charge in [-0.3, -0.25) is 0 Å². The van der Waals surface area contributed by atoms with Gasteiger partial charge in [-0.05, 0) is 52.7 Å². The summed E-state index contributed by atoms with van der Waals surface area (Å²) in [5.74, 6) is 1.76. The maximum Gasteiger partial charge on any atom is 0.175 e. The maximum absolute atomic E-state index is 13.9. The van der Waals surface area contributed by atoms with E-state index in [1.54, 1.807) is 25.3 Å². The van der Waals surface area contributed by atoms with Gasteiger partial charge in [0, 0.05) is 24.2 Å². The number of halogens is 2. The van der Waals surface area contributed by atoms with Crippen LogP contribution in [0.25, 0.3) is 0 Å². The molecule has 0 heterocycles. The fraction of sp³-hybridized carbons (Fsp3) is 0.250.